The predicted molar refractivity (Wildman–Crippen MR) is 96.8 cm³/mol. The average molecular weight is 356 g/mol. The van der Waals surface area contributed by atoms with Crippen LogP contribution in [0.2, 0.25) is 5.02 Å². The quantitative estimate of drug-likeness (QED) is 0.694. The van der Waals surface area contributed by atoms with Crippen LogP contribution in [0, 0.1) is 6.92 Å². The second-order valence-electron chi connectivity index (χ2n) is 5.65. The van der Waals surface area contributed by atoms with E-state index in [-0.39, 0.29) is 18.3 Å². The Morgan fingerprint density at radius 3 is 2.76 bits per heavy atom. The molecule has 0 aliphatic rings. The van der Waals surface area contributed by atoms with Crippen LogP contribution in [0.25, 0.3) is 0 Å². The lowest BCUT2D eigenvalue weighted by Crippen LogP contribution is -2.22. The molecule has 1 aromatic heterocycles. The SMILES string of the molecule is Cc1cccc(OCc2ccc(C(=O)NCc3ccccc3Cl)o2)c1. The fourth-order valence-corrected chi connectivity index (χ4v) is 2.54. The number of rotatable bonds is 6. The van der Waals surface area contributed by atoms with Gasteiger partial charge in [0.2, 0.25) is 0 Å². The van der Waals surface area contributed by atoms with Crippen molar-refractivity contribution < 1.29 is 13.9 Å². The summed E-state index contributed by atoms with van der Waals surface area (Å²) in [5, 5.41) is 3.41. The Hall–Kier alpha value is -2.72. The van der Waals surface area contributed by atoms with Crippen molar-refractivity contribution >= 4 is 17.5 Å². The van der Waals surface area contributed by atoms with E-state index in [1.807, 2.05) is 49.4 Å². The van der Waals surface area contributed by atoms with Gasteiger partial charge in [-0.05, 0) is 48.4 Å². The normalized spacial score (nSPS) is 10.5. The summed E-state index contributed by atoms with van der Waals surface area (Å²) in [6.07, 6.45) is 0. The Balaban J connectivity index is 1.55. The van der Waals surface area contributed by atoms with Crippen LogP contribution in [-0.4, -0.2) is 5.91 Å². The number of benzene rings is 2. The molecule has 0 bridgehead atoms. The topological polar surface area (TPSA) is 51.5 Å². The fourth-order valence-electron chi connectivity index (χ4n) is 2.34. The molecule has 2 aromatic carbocycles. The van der Waals surface area contributed by atoms with Gasteiger partial charge in [-0.15, -0.1) is 0 Å². The number of amides is 1. The van der Waals surface area contributed by atoms with E-state index >= 15 is 0 Å². The van der Waals surface area contributed by atoms with Crippen molar-refractivity contribution in [3.8, 4) is 5.75 Å². The molecule has 0 saturated carbocycles. The van der Waals surface area contributed by atoms with Crippen molar-refractivity contribution in [3.05, 3.63) is 88.3 Å². The van der Waals surface area contributed by atoms with Crippen molar-refractivity contribution in [2.75, 3.05) is 0 Å². The molecule has 0 spiro atoms. The summed E-state index contributed by atoms with van der Waals surface area (Å²) in [5.74, 6) is 1.31. The first kappa shape index (κ1) is 17.1. The molecular formula is C20H18ClNO3. The Kier molecular flexibility index (Phi) is 5.41. The molecule has 0 aliphatic heterocycles. The maximum atomic E-state index is 12.2. The van der Waals surface area contributed by atoms with Crippen molar-refractivity contribution in [2.45, 2.75) is 20.1 Å². The van der Waals surface area contributed by atoms with Gasteiger partial charge in [-0.25, -0.2) is 0 Å². The summed E-state index contributed by atoms with van der Waals surface area (Å²) in [6.45, 7) is 2.61. The van der Waals surface area contributed by atoms with E-state index in [4.69, 9.17) is 20.8 Å². The largest absolute Gasteiger partial charge is 0.486 e. The van der Waals surface area contributed by atoms with E-state index in [0.717, 1.165) is 16.9 Å². The summed E-state index contributed by atoms with van der Waals surface area (Å²) in [6, 6.07) is 18.5. The van der Waals surface area contributed by atoms with Gasteiger partial charge in [-0.2, -0.15) is 0 Å². The molecular weight excluding hydrogens is 338 g/mol. The van der Waals surface area contributed by atoms with Gasteiger partial charge < -0.3 is 14.5 Å². The molecule has 4 nitrogen and oxygen atoms in total. The number of halogens is 1. The molecule has 3 rings (SSSR count). The van der Waals surface area contributed by atoms with Crippen LogP contribution in [0.1, 0.15) is 27.4 Å². The van der Waals surface area contributed by atoms with E-state index in [1.54, 1.807) is 18.2 Å². The van der Waals surface area contributed by atoms with Gasteiger partial charge in [-0.1, -0.05) is 41.9 Å². The third-order valence-electron chi connectivity index (χ3n) is 3.65. The standard InChI is InChI=1S/C20H18ClNO3/c1-14-5-4-7-16(11-14)24-13-17-9-10-19(25-17)20(23)22-12-15-6-2-3-8-18(15)21/h2-11H,12-13H2,1H3,(H,22,23). The van der Waals surface area contributed by atoms with E-state index in [1.165, 1.54) is 0 Å². The number of carbonyl (C=O) groups excluding carboxylic acids is 1. The zero-order valence-corrected chi connectivity index (χ0v) is 14.5. The lowest BCUT2D eigenvalue weighted by Gasteiger charge is -2.06. The molecule has 0 saturated heterocycles. The van der Waals surface area contributed by atoms with Crippen molar-refractivity contribution in [1.82, 2.24) is 5.32 Å². The minimum atomic E-state index is -0.290. The number of ether oxygens (including phenoxy) is 1. The van der Waals surface area contributed by atoms with Crippen molar-refractivity contribution in [3.63, 3.8) is 0 Å². The van der Waals surface area contributed by atoms with Crippen molar-refractivity contribution in [1.29, 1.82) is 0 Å². The molecule has 128 valence electrons. The Bertz CT molecular complexity index is 873. The summed E-state index contributed by atoms with van der Waals surface area (Å²) in [7, 11) is 0. The van der Waals surface area contributed by atoms with E-state index < -0.39 is 0 Å². The maximum Gasteiger partial charge on any atom is 0.287 e. The van der Waals surface area contributed by atoms with Crippen LogP contribution in [0.5, 0.6) is 5.75 Å². The fraction of sp³-hybridized carbons (Fsp3) is 0.150. The highest BCUT2D eigenvalue weighted by Crippen LogP contribution is 2.17. The second kappa shape index (κ2) is 7.90. The number of aryl methyl sites for hydroxylation is 1. The van der Waals surface area contributed by atoms with Crippen LogP contribution in [0.15, 0.2) is 65.1 Å². The van der Waals surface area contributed by atoms with Gasteiger partial charge in [0.1, 0.15) is 18.1 Å². The second-order valence-corrected chi connectivity index (χ2v) is 6.05. The first-order valence-electron chi connectivity index (χ1n) is 7.91. The summed E-state index contributed by atoms with van der Waals surface area (Å²) in [4.78, 5) is 12.2. The van der Waals surface area contributed by atoms with Crippen LogP contribution in [-0.2, 0) is 13.2 Å². The molecule has 0 fully saturated rings. The molecule has 0 radical (unpaired) electrons. The molecule has 25 heavy (non-hydrogen) atoms. The number of hydrogen-bond acceptors (Lipinski definition) is 3. The van der Waals surface area contributed by atoms with Gasteiger partial charge in [0.05, 0.1) is 0 Å². The molecule has 1 N–H and O–H groups in total. The van der Waals surface area contributed by atoms with Crippen LogP contribution in [0.4, 0.5) is 0 Å². The number of carbonyl (C=O) groups is 1. The highest BCUT2D eigenvalue weighted by molar-refractivity contribution is 6.31. The smallest absolute Gasteiger partial charge is 0.287 e. The van der Waals surface area contributed by atoms with Gasteiger partial charge in [0.15, 0.2) is 5.76 Å². The van der Waals surface area contributed by atoms with Crippen LogP contribution < -0.4 is 10.1 Å². The minimum Gasteiger partial charge on any atom is -0.486 e. The molecule has 5 heteroatoms. The van der Waals surface area contributed by atoms with Gasteiger partial charge in [-0.3, -0.25) is 4.79 Å². The molecule has 0 aliphatic carbocycles. The summed E-state index contributed by atoms with van der Waals surface area (Å²) < 4.78 is 11.2. The van der Waals surface area contributed by atoms with Crippen molar-refractivity contribution in [2.24, 2.45) is 0 Å². The third-order valence-corrected chi connectivity index (χ3v) is 4.02. The molecule has 0 unspecified atom stereocenters. The lowest BCUT2D eigenvalue weighted by molar-refractivity contribution is 0.0919. The Morgan fingerprint density at radius 2 is 1.96 bits per heavy atom. The number of nitrogens with one attached hydrogen (secondary N) is 1. The molecule has 1 amide bonds. The van der Waals surface area contributed by atoms with E-state index in [2.05, 4.69) is 5.32 Å². The zero-order valence-electron chi connectivity index (χ0n) is 13.8. The van der Waals surface area contributed by atoms with E-state index in [9.17, 15) is 4.79 Å². The monoisotopic (exact) mass is 355 g/mol. The molecule has 3 aromatic rings. The first-order valence-corrected chi connectivity index (χ1v) is 8.29. The highest BCUT2D eigenvalue weighted by Gasteiger charge is 2.12. The molecule has 1 heterocycles. The summed E-state index contributed by atoms with van der Waals surface area (Å²) in [5.41, 5.74) is 1.98. The maximum absolute atomic E-state index is 12.2. The Morgan fingerprint density at radius 1 is 1.12 bits per heavy atom. The first-order chi connectivity index (χ1) is 12.1. The van der Waals surface area contributed by atoms with Gasteiger partial charge in [0.25, 0.3) is 5.91 Å². The Labute approximate surface area is 151 Å². The van der Waals surface area contributed by atoms with Crippen LogP contribution in [0.3, 0.4) is 0 Å². The predicted octanol–water partition coefficient (Wildman–Crippen LogP) is 4.75. The van der Waals surface area contributed by atoms with E-state index in [0.29, 0.717) is 17.3 Å². The molecule has 0 atom stereocenters. The van der Waals surface area contributed by atoms with Gasteiger partial charge in [0, 0.05) is 11.6 Å². The third kappa shape index (κ3) is 4.64. The zero-order chi connectivity index (χ0) is 17.6. The number of hydrogen-bond donors (Lipinski definition) is 1. The highest BCUT2D eigenvalue weighted by atomic mass is 35.5. The van der Waals surface area contributed by atoms with Crippen LogP contribution >= 0.6 is 11.6 Å². The lowest BCUT2D eigenvalue weighted by atomic mass is 10.2. The number of furan rings is 1. The van der Waals surface area contributed by atoms with Gasteiger partial charge >= 0.3 is 0 Å². The average Bonchev–Trinajstić information content (AvgIpc) is 3.08. The minimum absolute atomic E-state index is 0.245. The summed E-state index contributed by atoms with van der Waals surface area (Å²) >= 11 is 6.08.